The van der Waals surface area contributed by atoms with Crippen LogP contribution < -0.4 is 10.5 Å². The molecule has 4 nitrogen and oxygen atoms in total. The number of carbonyl (C=O) groups excluding carboxylic acids is 1. The van der Waals surface area contributed by atoms with Crippen LogP contribution in [0.15, 0.2) is 24.3 Å². The van der Waals surface area contributed by atoms with E-state index >= 15 is 0 Å². The molecule has 2 N–H and O–H groups in total. The Balaban J connectivity index is 2.21. The third-order valence-electron chi connectivity index (χ3n) is 3.35. The van der Waals surface area contributed by atoms with E-state index < -0.39 is 0 Å². The minimum atomic E-state index is -0.0820. The number of likely N-dealkylation sites (N-methyl/N-ethyl adjacent to an activating group) is 1. The molecule has 0 saturated heterocycles. The first-order valence-electron chi connectivity index (χ1n) is 6.48. The summed E-state index contributed by atoms with van der Waals surface area (Å²) in [6.07, 6.45) is 0.747. The van der Waals surface area contributed by atoms with Gasteiger partial charge in [0.1, 0.15) is 5.75 Å². The van der Waals surface area contributed by atoms with Crippen LogP contribution in [0.25, 0.3) is 0 Å². The van der Waals surface area contributed by atoms with Gasteiger partial charge in [0.2, 0.25) is 5.91 Å². The van der Waals surface area contributed by atoms with Gasteiger partial charge >= 0.3 is 0 Å². The summed E-state index contributed by atoms with van der Waals surface area (Å²) in [4.78, 5) is 14.3. The summed E-state index contributed by atoms with van der Waals surface area (Å²) in [6, 6.07) is 7.79. The van der Waals surface area contributed by atoms with Gasteiger partial charge in [-0.05, 0) is 19.4 Å². The second-order valence-electron chi connectivity index (χ2n) is 4.43. The van der Waals surface area contributed by atoms with E-state index in [-0.39, 0.29) is 11.8 Å². The molecule has 0 saturated carbocycles. The molecule has 0 spiro atoms. The average Bonchev–Trinajstić information content (AvgIpc) is 2.43. The van der Waals surface area contributed by atoms with Crippen molar-refractivity contribution in [1.82, 2.24) is 4.90 Å². The van der Waals surface area contributed by atoms with Crippen LogP contribution in [0, 0.1) is 0 Å². The molecule has 1 heterocycles. The minimum absolute atomic E-state index is 0.0820. The van der Waals surface area contributed by atoms with E-state index in [0.29, 0.717) is 26.2 Å². The van der Waals surface area contributed by atoms with Gasteiger partial charge in [0.05, 0.1) is 12.5 Å². The lowest BCUT2D eigenvalue weighted by atomic mass is 9.92. The van der Waals surface area contributed by atoms with E-state index in [0.717, 1.165) is 17.7 Å². The van der Waals surface area contributed by atoms with E-state index in [1.807, 2.05) is 36.1 Å². The summed E-state index contributed by atoms with van der Waals surface area (Å²) in [7, 11) is 0. The monoisotopic (exact) mass is 248 g/mol. The normalized spacial score (nSPS) is 17.8. The highest BCUT2D eigenvalue weighted by Crippen LogP contribution is 2.34. The zero-order chi connectivity index (χ0) is 13.0. The number of amides is 1. The van der Waals surface area contributed by atoms with Crippen molar-refractivity contribution >= 4 is 5.91 Å². The average molecular weight is 248 g/mol. The number of rotatable bonds is 4. The van der Waals surface area contributed by atoms with Gasteiger partial charge in [-0.25, -0.2) is 0 Å². The predicted octanol–water partition coefficient (Wildman–Crippen LogP) is 1.36. The molecule has 0 aromatic heterocycles. The van der Waals surface area contributed by atoms with Crippen molar-refractivity contribution in [2.45, 2.75) is 19.3 Å². The molecule has 1 aliphatic rings. The third kappa shape index (κ3) is 2.48. The molecule has 18 heavy (non-hydrogen) atoms. The summed E-state index contributed by atoms with van der Waals surface area (Å²) in [5, 5.41) is 0. The van der Waals surface area contributed by atoms with E-state index in [4.69, 9.17) is 10.5 Å². The zero-order valence-corrected chi connectivity index (χ0v) is 10.8. The van der Waals surface area contributed by atoms with Crippen molar-refractivity contribution in [3.05, 3.63) is 29.8 Å². The van der Waals surface area contributed by atoms with E-state index in [9.17, 15) is 4.79 Å². The fourth-order valence-corrected chi connectivity index (χ4v) is 2.40. The second-order valence-corrected chi connectivity index (χ2v) is 4.43. The fourth-order valence-electron chi connectivity index (χ4n) is 2.40. The van der Waals surface area contributed by atoms with E-state index in [2.05, 4.69) is 0 Å². The molecule has 1 aromatic carbocycles. The quantitative estimate of drug-likeness (QED) is 0.875. The Hall–Kier alpha value is -1.55. The molecular formula is C14H20N2O2. The fraction of sp³-hybridized carbons (Fsp3) is 0.500. The van der Waals surface area contributed by atoms with Crippen LogP contribution >= 0.6 is 0 Å². The second kappa shape index (κ2) is 5.87. The maximum Gasteiger partial charge on any atom is 0.230 e. The molecule has 1 unspecified atom stereocenters. The Morgan fingerprint density at radius 3 is 3.00 bits per heavy atom. The highest BCUT2D eigenvalue weighted by Gasteiger charge is 2.29. The Bertz CT molecular complexity index is 420. The smallest absolute Gasteiger partial charge is 0.230 e. The molecule has 98 valence electrons. The first-order valence-corrected chi connectivity index (χ1v) is 6.48. The Labute approximate surface area is 108 Å². The van der Waals surface area contributed by atoms with Gasteiger partial charge in [-0.15, -0.1) is 0 Å². The molecule has 1 aliphatic heterocycles. The van der Waals surface area contributed by atoms with Crippen molar-refractivity contribution in [1.29, 1.82) is 0 Å². The Kier molecular flexibility index (Phi) is 4.20. The molecular weight excluding hydrogens is 228 g/mol. The minimum Gasteiger partial charge on any atom is -0.493 e. The first kappa shape index (κ1) is 12.9. The largest absolute Gasteiger partial charge is 0.493 e. The number of carbonyl (C=O) groups is 1. The predicted molar refractivity (Wildman–Crippen MR) is 70.6 cm³/mol. The molecule has 0 radical (unpaired) electrons. The van der Waals surface area contributed by atoms with Gasteiger partial charge in [-0.1, -0.05) is 18.2 Å². The van der Waals surface area contributed by atoms with Crippen LogP contribution in [0.3, 0.4) is 0 Å². The summed E-state index contributed by atoms with van der Waals surface area (Å²) in [5.74, 6) is 0.922. The van der Waals surface area contributed by atoms with Crippen LogP contribution in [0.2, 0.25) is 0 Å². The van der Waals surface area contributed by atoms with Crippen LogP contribution in [0.1, 0.15) is 24.8 Å². The van der Waals surface area contributed by atoms with Crippen molar-refractivity contribution in [2.75, 3.05) is 26.2 Å². The molecule has 0 fully saturated rings. The number of hydrogen-bond acceptors (Lipinski definition) is 3. The summed E-state index contributed by atoms with van der Waals surface area (Å²) < 4.78 is 5.58. The van der Waals surface area contributed by atoms with Gasteiger partial charge in [0, 0.05) is 25.2 Å². The Morgan fingerprint density at radius 1 is 1.50 bits per heavy atom. The first-order chi connectivity index (χ1) is 8.77. The van der Waals surface area contributed by atoms with E-state index in [1.165, 1.54) is 0 Å². The van der Waals surface area contributed by atoms with E-state index in [1.54, 1.807) is 0 Å². The molecule has 0 aliphatic carbocycles. The molecule has 1 amide bonds. The third-order valence-corrected chi connectivity index (χ3v) is 3.35. The maximum atomic E-state index is 12.5. The highest BCUT2D eigenvalue weighted by atomic mass is 16.5. The van der Waals surface area contributed by atoms with Gasteiger partial charge in [-0.2, -0.15) is 0 Å². The number of benzene rings is 1. The van der Waals surface area contributed by atoms with Gasteiger partial charge in [0.15, 0.2) is 0 Å². The molecule has 1 aromatic rings. The van der Waals surface area contributed by atoms with Crippen LogP contribution in [0.4, 0.5) is 0 Å². The van der Waals surface area contributed by atoms with Crippen molar-refractivity contribution in [3.8, 4) is 5.75 Å². The number of ether oxygens (including phenoxy) is 1. The lowest BCUT2D eigenvalue weighted by Gasteiger charge is -2.30. The molecule has 2 rings (SSSR count). The summed E-state index contributed by atoms with van der Waals surface area (Å²) in [6.45, 7) is 4.42. The highest BCUT2D eigenvalue weighted by molar-refractivity contribution is 5.84. The van der Waals surface area contributed by atoms with Crippen LogP contribution in [0.5, 0.6) is 5.75 Å². The van der Waals surface area contributed by atoms with Crippen LogP contribution in [-0.2, 0) is 4.79 Å². The summed E-state index contributed by atoms with van der Waals surface area (Å²) in [5.41, 5.74) is 6.55. The maximum absolute atomic E-state index is 12.5. The summed E-state index contributed by atoms with van der Waals surface area (Å²) >= 11 is 0. The van der Waals surface area contributed by atoms with Gasteiger partial charge in [-0.3, -0.25) is 4.79 Å². The lowest BCUT2D eigenvalue weighted by molar-refractivity contribution is -0.133. The SMILES string of the molecule is CCN(CCN)C(=O)C1CCOc2ccccc21. The number of para-hydroxylation sites is 1. The number of nitrogens with two attached hydrogens (primary N) is 1. The van der Waals surface area contributed by atoms with Crippen molar-refractivity contribution in [2.24, 2.45) is 5.73 Å². The lowest BCUT2D eigenvalue weighted by Crippen LogP contribution is -2.39. The van der Waals surface area contributed by atoms with Crippen molar-refractivity contribution in [3.63, 3.8) is 0 Å². The van der Waals surface area contributed by atoms with Crippen molar-refractivity contribution < 1.29 is 9.53 Å². The standard InChI is InChI=1S/C14H20N2O2/c1-2-16(9-8-15)14(17)12-7-10-18-13-6-4-3-5-11(12)13/h3-6,12H,2,7-10,15H2,1H3. The number of hydrogen-bond donors (Lipinski definition) is 1. The molecule has 4 heteroatoms. The topological polar surface area (TPSA) is 55.6 Å². The van der Waals surface area contributed by atoms with Crippen LogP contribution in [-0.4, -0.2) is 37.0 Å². The molecule has 1 atom stereocenters. The molecule has 0 bridgehead atoms. The number of fused-ring (bicyclic) bond motifs is 1. The van der Waals surface area contributed by atoms with Gasteiger partial charge in [0.25, 0.3) is 0 Å². The Morgan fingerprint density at radius 2 is 2.28 bits per heavy atom. The zero-order valence-electron chi connectivity index (χ0n) is 10.8. The van der Waals surface area contributed by atoms with Gasteiger partial charge < -0.3 is 15.4 Å². The number of nitrogens with zero attached hydrogens (tertiary/aromatic N) is 1.